The molecule has 0 spiro atoms. The van der Waals surface area contributed by atoms with Crippen molar-refractivity contribution in [2.24, 2.45) is 5.92 Å². The summed E-state index contributed by atoms with van der Waals surface area (Å²) in [5, 5.41) is 4.42. The van der Waals surface area contributed by atoms with Crippen LogP contribution in [0.3, 0.4) is 0 Å². The maximum Gasteiger partial charge on any atom is 0.143 e. The molecule has 1 saturated heterocycles. The van der Waals surface area contributed by atoms with Crippen LogP contribution in [0.2, 0.25) is 5.02 Å². The van der Waals surface area contributed by atoms with E-state index in [0.717, 1.165) is 35.1 Å². The summed E-state index contributed by atoms with van der Waals surface area (Å²) in [6.45, 7) is 10.9. The average Bonchev–Trinajstić information content (AvgIpc) is 2.43. The van der Waals surface area contributed by atoms with Gasteiger partial charge in [0.25, 0.3) is 0 Å². The molecule has 0 aliphatic carbocycles. The number of anilines is 1. The van der Waals surface area contributed by atoms with Gasteiger partial charge in [0.2, 0.25) is 0 Å². The first-order valence-electron chi connectivity index (χ1n) is 7.76. The fourth-order valence-corrected chi connectivity index (χ4v) is 3.18. The zero-order chi connectivity index (χ0) is 15.6. The number of rotatable bonds is 4. The minimum Gasteiger partial charge on any atom is -0.495 e. The average molecular weight is 311 g/mol. The molecule has 2 rings (SSSR count). The topological polar surface area (TPSA) is 24.5 Å². The third-order valence-electron chi connectivity index (χ3n) is 4.18. The van der Waals surface area contributed by atoms with Gasteiger partial charge < -0.3 is 15.0 Å². The Morgan fingerprint density at radius 1 is 1.43 bits per heavy atom. The zero-order valence-corrected chi connectivity index (χ0v) is 14.5. The van der Waals surface area contributed by atoms with Gasteiger partial charge in [-0.2, -0.15) is 0 Å². The third kappa shape index (κ3) is 3.83. The normalized spacial score (nSPS) is 22.7. The van der Waals surface area contributed by atoms with E-state index >= 15 is 0 Å². The Balaban J connectivity index is 2.28. The molecule has 3 nitrogen and oxygen atoms in total. The molecule has 21 heavy (non-hydrogen) atoms. The van der Waals surface area contributed by atoms with Gasteiger partial charge in [-0.05, 0) is 37.8 Å². The Bertz CT molecular complexity index is 490. The number of nitrogens with zero attached hydrogens (tertiary/aromatic N) is 1. The molecule has 0 amide bonds. The molecular weight excluding hydrogens is 284 g/mol. The summed E-state index contributed by atoms with van der Waals surface area (Å²) in [6.07, 6.45) is 1.19. The van der Waals surface area contributed by atoms with Crippen molar-refractivity contribution in [1.82, 2.24) is 5.32 Å². The van der Waals surface area contributed by atoms with E-state index in [1.807, 2.05) is 13.0 Å². The molecule has 2 atom stereocenters. The number of aryl methyl sites for hydroxylation is 1. The largest absolute Gasteiger partial charge is 0.495 e. The molecule has 1 fully saturated rings. The second-order valence-corrected chi connectivity index (χ2v) is 6.92. The summed E-state index contributed by atoms with van der Waals surface area (Å²) in [6, 6.07) is 5.05. The molecule has 0 radical (unpaired) electrons. The lowest BCUT2D eigenvalue weighted by Gasteiger charge is -2.41. The van der Waals surface area contributed by atoms with Gasteiger partial charge in [0, 0.05) is 36.3 Å². The molecule has 1 aliphatic rings. The molecule has 1 aliphatic heterocycles. The van der Waals surface area contributed by atoms with Crippen LogP contribution >= 0.6 is 11.6 Å². The first-order valence-corrected chi connectivity index (χ1v) is 8.14. The van der Waals surface area contributed by atoms with E-state index in [1.165, 1.54) is 6.42 Å². The number of benzene rings is 1. The van der Waals surface area contributed by atoms with E-state index in [-0.39, 0.29) is 0 Å². The maximum atomic E-state index is 6.23. The number of nitrogens with one attached hydrogen (secondary N) is 1. The minimum absolute atomic E-state index is 0.447. The van der Waals surface area contributed by atoms with Crippen molar-refractivity contribution in [3.63, 3.8) is 0 Å². The molecule has 0 bridgehead atoms. The molecule has 1 aromatic carbocycles. The molecule has 1 heterocycles. The number of halogens is 1. The smallest absolute Gasteiger partial charge is 0.143 e. The highest BCUT2D eigenvalue weighted by Crippen LogP contribution is 2.35. The Morgan fingerprint density at radius 3 is 2.76 bits per heavy atom. The molecule has 2 unspecified atom stereocenters. The monoisotopic (exact) mass is 310 g/mol. The predicted octanol–water partition coefficient (Wildman–Crippen LogP) is 3.87. The molecule has 1 aromatic rings. The van der Waals surface area contributed by atoms with Crippen LogP contribution in [-0.4, -0.2) is 32.3 Å². The van der Waals surface area contributed by atoms with Crippen molar-refractivity contribution >= 4 is 17.3 Å². The molecule has 0 saturated carbocycles. The first-order chi connectivity index (χ1) is 9.92. The predicted molar refractivity (Wildman–Crippen MR) is 90.8 cm³/mol. The van der Waals surface area contributed by atoms with Crippen LogP contribution in [0.25, 0.3) is 0 Å². The second kappa shape index (κ2) is 6.89. The zero-order valence-electron chi connectivity index (χ0n) is 13.7. The Morgan fingerprint density at radius 2 is 2.14 bits per heavy atom. The Kier molecular flexibility index (Phi) is 5.39. The standard InChI is InChI=1S/C17H27ClN2O/c1-11(2)6-14-10-20(13(4)9-19-14)16-7-12(3)15(18)8-17(16)21-5/h7-8,11,13-14,19H,6,9-10H2,1-5H3. The fourth-order valence-electron chi connectivity index (χ4n) is 3.03. The lowest BCUT2D eigenvalue weighted by Crippen LogP contribution is -2.56. The van der Waals surface area contributed by atoms with Crippen molar-refractivity contribution in [2.45, 2.75) is 46.2 Å². The Labute approximate surface area is 133 Å². The highest BCUT2D eigenvalue weighted by molar-refractivity contribution is 6.31. The van der Waals surface area contributed by atoms with Crippen molar-refractivity contribution in [3.05, 3.63) is 22.7 Å². The first kappa shape index (κ1) is 16.4. The fraction of sp³-hybridized carbons (Fsp3) is 0.647. The third-order valence-corrected chi connectivity index (χ3v) is 4.58. The van der Waals surface area contributed by atoms with Gasteiger partial charge in [0.05, 0.1) is 12.8 Å². The SMILES string of the molecule is COc1cc(Cl)c(C)cc1N1CC(CC(C)C)NCC1C. The van der Waals surface area contributed by atoms with Crippen LogP contribution in [0.15, 0.2) is 12.1 Å². The number of hydrogen-bond donors (Lipinski definition) is 1. The lowest BCUT2D eigenvalue weighted by atomic mass is 9.99. The molecule has 0 aromatic heterocycles. The van der Waals surface area contributed by atoms with Crippen LogP contribution in [0.4, 0.5) is 5.69 Å². The number of ether oxygens (including phenoxy) is 1. The van der Waals surface area contributed by atoms with Crippen LogP contribution in [0, 0.1) is 12.8 Å². The molecule has 1 N–H and O–H groups in total. The summed E-state index contributed by atoms with van der Waals surface area (Å²) in [7, 11) is 1.71. The van der Waals surface area contributed by atoms with Crippen LogP contribution in [0.1, 0.15) is 32.8 Å². The van der Waals surface area contributed by atoms with Gasteiger partial charge in [0.1, 0.15) is 5.75 Å². The molecule has 118 valence electrons. The summed E-state index contributed by atoms with van der Waals surface area (Å²) in [4.78, 5) is 2.45. The van der Waals surface area contributed by atoms with Crippen LogP contribution in [0.5, 0.6) is 5.75 Å². The number of hydrogen-bond acceptors (Lipinski definition) is 3. The van der Waals surface area contributed by atoms with E-state index in [0.29, 0.717) is 18.0 Å². The van der Waals surface area contributed by atoms with Crippen LogP contribution < -0.4 is 15.0 Å². The summed E-state index contributed by atoms with van der Waals surface area (Å²) in [5.74, 6) is 1.56. The number of methoxy groups -OCH3 is 1. The van der Waals surface area contributed by atoms with Gasteiger partial charge in [-0.25, -0.2) is 0 Å². The van der Waals surface area contributed by atoms with E-state index in [9.17, 15) is 0 Å². The summed E-state index contributed by atoms with van der Waals surface area (Å²) in [5.41, 5.74) is 2.25. The minimum atomic E-state index is 0.447. The summed E-state index contributed by atoms with van der Waals surface area (Å²) >= 11 is 6.23. The Hall–Kier alpha value is -0.930. The van der Waals surface area contributed by atoms with E-state index in [2.05, 4.69) is 37.1 Å². The quantitative estimate of drug-likeness (QED) is 0.913. The van der Waals surface area contributed by atoms with Gasteiger partial charge in [-0.1, -0.05) is 25.4 Å². The highest BCUT2D eigenvalue weighted by Gasteiger charge is 2.27. The van der Waals surface area contributed by atoms with Gasteiger partial charge in [-0.15, -0.1) is 0 Å². The van der Waals surface area contributed by atoms with Gasteiger partial charge in [-0.3, -0.25) is 0 Å². The van der Waals surface area contributed by atoms with Crippen molar-refractivity contribution in [3.8, 4) is 5.75 Å². The second-order valence-electron chi connectivity index (χ2n) is 6.51. The highest BCUT2D eigenvalue weighted by atomic mass is 35.5. The van der Waals surface area contributed by atoms with E-state index in [4.69, 9.17) is 16.3 Å². The van der Waals surface area contributed by atoms with Crippen molar-refractivity contribution < 1.29 is 4.74 Å². The number of piperazine rings is 1. The van der Waals surface area contributed by atoms with E-state index in [1.54, 1.807) is 7.11 Å². The van der Waals surface area contributed by atoms with Crippen molar-refractivity contribution in [2.75, 3.05) is 25.1 Å². The van der Waals surface area contributed by atoms with E-state index < -0.39 is 0 Å². The summed E-state index contributed by atoms with van der Waals surface area (Å²) < 4.78 is 5.55. The maximum absolute atomic E-state index is 6.23. The van der Waals surface area contributed by atoms with Gasteiger partial charge >= 0.3 is 0 Å². The molecular formula is C17H27ClN2O. The molecule has 4 heteroatoms. The lowest BCUT2D eigenvalue weighted by molar-refractivity contribution is 0.351. The van der Waals surface area contributed by atoms with Gasteiger partial charge in [0.15, 0.2) is 0 Å². The van der Waals surface area contributed by atoms with Crippen molar-refractivity contribution in [1.29, 1.82) is 0 Å². The van der Waals surface area contributed by atoms with Crippen LogP contribution in [-0.2, 0) is 0 Å².